The fourth-order valence-electron chi connectivity index (χ4n) is 3.27. The topological polar surface area (TPSA) is 89.7 Å². The minimum Gasteiger partial charge on any atom is -0.458 e. The third kappa shape index (κ3) is 7.16. The zero-order valence-electron chi connectivity index (χ0n) is 17.7. The molecular weight excluding hydrogens is 388 g/mol. The molecule has 6 nitrogen and oxygen atoms in total. The molecule has 2 N–H and O–H groups in total. The minimum atomic E-state index is -0.606. The van der Waals surface area contributed by atoms with Crippen LogP contribution in [-0.4, -0.2) is 51.9 Å². The van der Waals surface area contributed by atoms with Crippen molar-refractivity contribution in [2.45, 2.75) is 64.6 Å². The molecule has 0 saturated carbocycles. The zero-order valence-corrected chi connectivity index (χ0v) is 18.5. The fraction of sp³-hybridized carbons (Fsp3) is 0.591. The predicted octanol–water partition coefficient (Wildman–Crippen LogP) is 2.79. The van der Waals surface area contributed by atoms with Gasteiger partial charge in [-0.2, -0.15) is 0 Å². The van der Waals surface area contributed by atoms with Gasteiger partial charge >= 0.3 is 5.97 Å². The second-order valence-corrected chi connectivity index (χ2v) is 9.57. The molecule has 0 radical (unpaired) electrons. The number of thioether (sulfide) groups is 1. The van der Waals surface area contributed by atoms with Crippen LogP contribution in [0.15, 0.2) is 30.3 Å². The van der Waals surface area contributed by atoms with Gasteiger partial charge in [-0.05, 0) is 45.6 Å². The highest BCUT2D eigenvalue weighted by molar-refractivity contribution is 8.13. The second-order valence-electron chi connectivity index (χ2n) is 8.55. The second kappa shape index (κ2) is 10.3. The van der Waals surface area contributed by atoms with Gasteiger partial charge in [0.05, 0.1) is 6.04 Å². The van der Waals surface area contributed by atoms with E-state index in [1.165, 1.54) is 0 Å². The van der Waals surface area contributed by atoms with Crippen molar-refractivity contribution in [1.82, 2.24) is 4.90 Å². The Labute approximate surface area is 177 Å². The lowest BCUT2D eigenvalue weighted by molar-refractivity contribution is -0.163. The number of likely N-dealkylation sites (tertiary alicyclic amines) is 1. The van der Waals surface area contributed by atoms with Gasteiger partial charge in [-0.25, -0.2) is 4.79 Å². The lowest BCUT2D eigenvalue weighted by atomic mass is 10.1. The molecule has 1 fully saturated rings. The Balaban J connectivity index is 1.86. The van der Waals surface area contributed by atoms with Gasteiger partial charge in [0.1, 0.15) is 11.6 Å². The van der Waals surface area contributed by atoms with Gasteiger partial charge in [-0.3, -0.25) is 9.59 Å². The highest BCUT2D eigenvalue weighted by Crippen LogP contribution is 2.24. The Hall–Kier alpha value is -1.86. The van der Waals surface area contributed by atoms with Crippen LogP contribution in [0.2, 0.25) is 0 Å². The van der Waals surface area contributed by atoms with E-state index in [2.05, 4.69) is 0 Å². The smallest absolute Gasteiger partial charge is 0.329 e. The first kappa shape index (κ1) is 23.4. The average Bonchev–Trinajstić information content (AvgIpc) is 3.14. The number of carbonyl (C=O) groups excluding carboxylic acids is 3. The standard InChI is InChI=1S/C22H32N2O4S/c1-15(14-29-21(27)17(23)13-16-9-6-5-7-10-16)19(25)24-12-8-11-18(24)20(26)28-22(2,3)4/h5-7,9-10,15,17-18H,8,11-14,23H2,1-4H3/t15?,17-,18-/m0/s1. The summed E-state index contributed by atoms with van der Waals surface area (Å²) in [6, 6.07) is 8.48. The molecule has 7 heteroatoms. The van der Waals surface area contributed by atoms with Gasteiger partial charge in [0.2, 0.25) is 11.0 Å². The Kier molecular flexibility index (Phi) is 8.28. The SMILES string of the molecule is CC(CSC(=O)[C@@H](N)Cc1ccccc1)C(=O)N1CCC[C@H]1C(=O)OC(C)(C)C. The number of hydrogen-bond acceptors (Lipinski definition) is 6. The Bertz CT molecular complexity index is 717. The minimum absolute atomic E-state index is 0.115. The summed E-state index contributed by atoms with van der Waals surface area (Å²) in [6.45, 7) is 7.77. The molecule has 1 saturated heterocycles. The normalized spacial score (nSPS) is 18.9. The van der Waals surface area contributed by atoms with Crippen LogP contribution in [0.5, 0.6) is 0 Å². The van der Waals surface area contributed by atoms with Crippen molar-refractivity contribution in [2.75, 3.05) is 12.3 Å². The maximum absolute atomic E-state index is 12.9. The first-order chi connectivity index (χ1) is 13.6. The van der Waals surface area contributed by atoms with Crippen molar-refractivity contribution in [3.8, 4) is 0 Å². The summed E-state index contributed by atoms with van der Waals surface area (Å²) in [6.07, 6.45) is 1.86. The van der Waals surface area contributed by atoms with Gasteiger partial charge in [0.25, 0.3) is 0 Å². The predicted molar refractivity (Wildman–Crippen MR) is 115 cm³/mol. The molecule has 0 spiro atoms. The van der Waals surface area contributed by atoms with Crippen LogP contribution in [0.25, 0.3) is 0 Å². The molecular formula is C22H32N2O4S. The van der Waals surface area contributed by atoms with Crippen LogP contribution >= 0.6 is 11.8 Å². The number of carbonyl (C=O) groups is 3. The van der Waals surface area contributed by atoms with E-state index >= 15 is 0 Å². The Morgan fingerprint density at radius 1 is 1.24 bits per heavy atom. The van der Waals surface area contributed by atoms with Crippen molar-refractivity contribution in [3.05, 3.63) is 35.9 Å². The lowest BCUT2D eigenvalue weighted by Crippen LogP contribution is -2.46. The molecule has 3 atom stereocenters. The number of benzene rings is 1. The summed E-state index contributed by atoms with van der Waals surface area (Å²) >= 11 is 1.09. The van der Waals surface area contributed by atoms with E-state index in [0.717, 1.165) is 23.7 Å². The summed E-state index contributed by atoms with van der Waals surface area (Å²) in [4.78, 5) is 39.3. The summed E-state index contributed by atoms with van der Waals surface area (Å²) in [7, 11) is 0. The maximum Gasteiger partial charge on any atom is 0.329 e. The quantitative estimate of drug-likeness (QED) is 0.682. The van der Waals surface area contributed by atoms with Gasteiger partial charge in [-0.15, -0.1) is 0 Å². The average molecular weight is 421 g/mol. The number of nitrogens with two attached hydrogens (primary N) is 1. The summed E-state index contributed by atoms with van der Waals surface area (Å²) in [5.74, 6) is -0.507. The summed E-state index contributed by atoms with van der Waals surface area (Å²) < 4.78 is 5.46. The number of esters is 1. The largest absolute Gasteiger partial charge is 0.458 e. The maximum atomic E-state index is 12.9. The Morgan fingerprint density at radius 3 is 2.52 bits per heavy atom. The lowest BCUT2D eigenvalue weighted by Gasteiger charge is -2.29. The molecule has 0 aromatic heterocycles. The molecule has 1 unspecified atom stereocenters. The molecule has 1 amide bonds. The number of nitrogens with zero attached hydrogens (tertiary/aromatic N) is 1. The van der Waals surface area contributed by atoms with Crippen LogP contribution < -0.4 is 5.73 Å². The number of amides is 1. The van der Waals surface area contributed by atoms with Crippen molar-refractivity contribution in [3.63, 3.8) is 0 Å². The molecule has 1 heterocycles. The van der Waals surface area contributed by atoms with Crippen LogP contribution in [0, 0.1) is 5.92 Å². The number of hydrogen-bond donors (Lipinski definition) is 1. The highest BCUT2D eigenvalue weighted by Gasteiger charge is 2.38. The summed E-state index contributed by atoms with van der Waals surface area (Å²) in [5.41, 5.74) is 6.45. The molecule has 1 aromatic carbocycles. The van der Waals surface area contributed by atoms with E-state index in [1.54, 1.807) is 11.8 Å². The van der Waals surface area contributed by atoms with Crippen molar-refractivity contribution in [2.24, 2.45) is 11.7 Å². The fourth-order valence-corrected chi connectivity index (χ4v) is 4.12. The van der Waals surface area contributed by atoms with Gasteiger partial charge < -0.3 is 15.4 Å². The van der Waals surface area contributed by atoms with Crippen LogP contribution in [0.4, 0.5) is 0 Å². The van der Waals surface area contributed by atoms with Crippen LogP contribution in [0.3, 0.4) is 0 Å². The van der Waals surface area contributed by atoms with Crippen LogP contribution in [0.1, 0.15) is 46.1 Å². The molecule has 0 aliphatic carbocycles. The molecule has 1 aliphatic rings. The molecule has 0 bridgehead atoms. The number of ether oxygens (including phenoxy) is 1. The van der Waals surface area contributed by atoms with E-state index in [4.69, 9.17) is 10.5 Å². The van der Waals surface area contributed by atoms with Gasteiger partial charge in [0.15, 0.2) is 0 Å². The van der Waals surface area contributed by atoms with Gasteiger partial charge in [0, 0.05) is 18.2 Å². The number of rotatable bonds is 7. The summed E-state index contributed by atoms with van der Waals surface area (Å²) in [5, 5.41) is -0.126. The molecule has 29 heavy (non-hydrogen) atoms. The van der Waals surface area contributed by atoms with E-state index in [-0.39, 0.29) is 22.9 Å². The first-order valence-corrected chi connectivity index (χ1v) is 11.1. The first-order valence-electron chi connectivity index (χ1n) is 10.1. The molecule has 2 rings (SSSR count). The van der Waals surface area contributed by atoms with E-state index in [0.29, 0.717) is 25.1 Å². The van der Waals surface area contributed by atoms with E-state index in [9.17, 15) is 14.4 Å². The monoisotopic (exact) mass is 420 g/mol. The Morgan fingerprint density at radius 2 is 1.90 bits per heavy atom. The molecule has 160 valence electrons. The van der Waals surface area contributed by atoms with E-state index in [1.807, 2.05) is 51.1 Å². The van der Waals surface area contributed by atoms with Crippen LogP contribution in [-0.2, 0) is 25.5 Å². The van der Waals surface area contributed by atoms with E-state index < -0.39 is 17.7 Å². The third-order valence-electron chi connectivity index (χ3n) is 4.71. The van der Waals surface area contributed by atoms with Crippen molar-refractivity contribution < 1.29 is 19.1 Å². The zero-order chi connectivity index (χ0) is 21.6. The van der Waals surface area contributed by atoms with Gasteiger partial charge in [-0.1, -0.05) is 49.0 Å². The highest BCUT2D eigenvalue weighted by atomic mass is 32.2. The molecule has 1 aromatic rings. The van der Waals surface area contributed by atoms with Crippen molar-refractivity contribution >= 4 is 28.8 Å². The van der Waals surface area contributed by atoms with Crippen molar-refractivity contribution in [1.29, 1.82) is 0 Å². The third-order valence-corrected chi connectivity index (χ3v) is 5.97. The molecule has 1 aliphatic heterocycles.